The highest BCUT2D eigenvalue weighted by molar-refractivity contribution is 5.83. The first kappa shape index (κ1) is 16.1. The number of anilines is 1. The van der Waals surface area contributed by atoms with Gasteiger partial charge >= 0.3 is 0 Å². The van der Waals surface area contributed by atoms with Gasteiger partial charge in [-0.15, -0.1) is 0 Å². The molecule has 5 heteroatoms. The maximum atomic E-state index is 13.4. The lowest BCUT2D eigenvalue weighted by Gasteiger charge is -2.26. The molecule has 4 rings (SSSR count). The first-order valence-corrected chi connectivity index (χ1v) is 8.66. The average molecular weight is 342 g/mol. The van der Waals surface area contributed by atoms with Crippen LogP contribution < -0.4 is 11.1 Å². The van der Waals surface area contributed by atoms with E-state index in [1.54, 1.807) is 6.07 Å². The molecule has 3 N–H and O–H groups in total. The van der Waals surface area contributed by atoms with E-state index in [1.165, 1.54) is 11.6 Å². The van der Waals surface area contributed by atoms with E-state index in [4.69, 9.17) is 5.73 Å². The minimum Gasteiger partial charge on any atom is -0.399 e. The van der Waals surface area contributed by atoms with Crippen molar-refractivity contribution in [1.82, 2.24) is 5.32 Å². The van der Waals surface area contributed by atoms with E-state index in [0.717, 1.165) is 36.6 Å². The van der Waals surface area contributed by atoms with Crippen LogP contribution in [0.1, 0.15) is 47.9 Å². The molecule has 130 valence electrons. The smallest absolute Gasteiger partial charge is 0.224 e. The summed E-state index contributed by atoms with van der Waals surface area (Å²) in [5, 5.41) is 3.13. The fourth-order valence-electron chi connectivity index (χ4n) is 3.86. The van der Waals surface area contributed by atoms with Crippen LogP contribution in [-0.4, -0.2) is 5.91 Å². The van der Waals surface area contributed by atoms with Gasteiger partial charge < -0.3 is 11.1 Å². The lowest BCUT2D eigenvalue weighted by atomic mass is 9.87. The molecule has 3 unspecified atom stereocenters. The molecule has 25 heavy (non-hydrogen) atoms. The Hall–Kier alpha value is -2.43. The second-order valence-corrected chi connectivity index (χ2v) is 7.03. The van der Waals surface area contributed by atoms with Crippen LogP contribution in [0.4, 0.5) is 14.5 Å². The van der Waals surface area contributed by atoms with Crippen molar-refractivity contribution in [3.63, 3.8) is 0 Å². The minimum atomic E-state index is -0.859. The van der Waals surface area contributed by atoms with Gasteiger partial charge in [0.05, 0.1) is 6.04 Å². The van der Waals surface area contributed by atoms with Crippen molar-refractivity contribution in [3.8, 4) is 0 Å². The van der Waals surface area contributed by atoms with Crippen molar-refractivity contribution in [1.29, 1.82) is 0 Å². The molecule has 2 aromatic carbocycles. The standard InChI is InChI=1S/C20H20F2N2O/c21-17-7-4-12(9-18(17)22)15-10-16(15)20(25)24-19-3-1-2-11-8-13(23)5-6-14(11)19/h4-9,15-16,19H,1-3,10,23H2,(H,24,25). The number of rotatable bonds is 3. The van der Waals surface area contributed by atoms with Crippen molar-refractivity contribution >= 4 is 11.6 Å². The monoisotopic (exact) mass is 342 g/mol. The van der Waals surface area contributed by atoms with Crippen LogP contribution in [0.3, 0.4) is 0 Å². The molecule has 2 aliphatic carbocycles. The Labute approximate surface area is 145 Å². The molecular weight excluding hydrogens is 322 g/mol. The number of amides is 1. The summed E-state index contributed by atoms with van der Waals surface area (Å²) in [6.07, 6.45) is 3.58. The van der Waals surface area contributed by atoms with Crippen molar-refractivity contribution in [3.05, 3.63) is 64.7 Å². The number of hydrogen-bond donors (Lipinski definition) is 2. The molecule has 0 radical (unpaired) electrons. The molecule has 0 heterocycles. The van der Waals surface area contributed by atoms with Crippen molar-refractivity contribution in [2.75, 3.05) is 5.73 Å². The van der Waals surface area contributed by atoms with Crippen LogP contribution in [0.5, 0.6) is 0 Å². The molecule has 0 saturated heterocycles. The summed E-state index contributed by atoms with van der Waals surface area (Å²) in [6.45, 7) is 0. The van der Waals surface area contributed by atoms with Gasteiger partial charge in [-0.25, -0.2) is 8.78 Å². The molecule has 3 atom stereocenters. The largest absolute Gasteiger partial charge is 0.399 e. The quantitative estimate of drug-likeness (QED) is 0.833. The molecule has 0 spiro atoms. The van der Waals surface area contributed by atoms with Crippen molar-refractivity contribution < 1.29 is 13.6 Å². The molecule has 2 aromatic rings. The Morgan fingerprint density at radius 1 is 1.12 bits per heavy atom. The normalized spacial score (nSPS) is 24.5. The summed E-state index contributed by atoms with van der Waals surface area (Å²) in [5.41, 5.74) is 9.62. The van der Waals surface area contributed by atoms with Gasteiger partial charge in [0.2, 0.25) is 5.91 Å². The van der Waals surface area contributed by atoms with Crippen LogP contribution in [0.15, 0.2) is 36.4 Å². The van der Waals surface area contributed by atoms with Gasteiger partial charge in [-0.2, -0.15) is 0 Å². The van der Waals surface area contributed by atoms with Gasteiger partial charge in [-0.05, 0) is 72.6 Å². The maximum absolute atomic E-state index is 13.4. The van der Waals surface area contributed by atoms with Gasteiger partial charge in [0.25, 0.3) is 0 Å². The van der Waals surface area contributed by atoms with E-state index < -0.39 is 11.6 Å². The zero-order chi connectivity index (χ0) is 17.6. The molecule has 1 amide bonds. The van der Waals surface area contributed by atoms with Gasteiger partial charge in [0.15, 0.2) is 11.6 Å². The highest BCUT2D eigenvalue weighted by Gasteiger charge is 2.44. The Balaban J connectivity index is 1.45. The van der Waals surface area contributed by atoms with Gasteiger partial charge in [-0.3, -0.25) is 4.79 Å². The molecule has 1 saturated carbocycles. The zero-order valence-electron chi connectivity index (χ0n) is 13.8. The lowest BCUT2D eigenvalue weighted by Crippen LogP contribution is -2.32. The number of nitrogens with two attached hydrogens (primary N) is 1. The third kappa shape index (κ3) is 3.11. The Morgan fingerprint density at radius 2 is 1.96 bits per heavy atom. The molecule has 0 bridgehead atoms. The topological polar surface area (TPSA) is 55.1 Å². The molecule has 0 aliphatic heterocycles. The summed E-state index contributed by atoms with van der Waals surface area (Å²) >= 11 is 0. The third-order valence-corrected chi connectivity index (χ3v) is 5.30. The van der Waals surface area contributed by atoms with Crippen molar-refractivity contribution in [2.24, 2.45) is 5.92 Å². The number of nitrogen functional groups attached to an aromatic ring is 1. The Bertz CT molecular complexity index is 836. The highest BCUT2D eigenvalue weighted by atomic mass is 19.2. The molecule has 3 nitrogen and oxygen atoms in total. The molecular formula is C20H20F2N2O. The van der Waals surface area contributed by atoms with Gasteiger partial charge in [-0.1, -0.05) is 12.1 Å². The van der Waals surface area contributed by atoms with E-state index in [1.807, 2.05) is 18.2 Å². The number of benzene rings is 2. The predicted molar refractivity (Wildman–Crippen MR) is 91.9 cm³/mol. The SMILES string of the molecule is Nc1ccc2c(c1)CCCC2NC(=O)C1CC1c1ccc(F)c(F)c1. The van der Waals surface area contributed by atoms with E-state index in [-0.39, 0.29) is 23.8 Å². The van der Waals surface area contributed by atoms with Gasteiger partial charge in [0.1, 0.15) is 0 Å². The van der Waals surface area contributed by atoms with Crippen LogP contribution in [0.2, 0.25) is 0 Å². The highest BCUT2D eigenvalue weighted by Crippen LogP contribution is 2.48. The summed E-state index contributed by atoms with van der Waals surface area (Å²) in [4.78, 5) is 12.6. The zero-order valence-corrected chi connectivity index (χ0v) is 13.8. The van der Waals surface area contributed by atoms with Crippen LogP contribution in [-0.2, 0) is 11.2 Å². The van der Waals surface area contributed by atoms with Crippen LogP contribution in [0.25, 0.3) is 0 Å². The number of halogens is 2. The number of carbonyl (C=O) groups excluding carboxylic acids is 1. The first-order chi connectivity index (χ1) is 12.0. The molecule has 1 fully saturated rings. The Kier molecular flexibility index (Phi) is 3.94. The Morgan fingerprint density at radius 3 is 2.76 bits per heavy atom. The first-order valence-electron chi connectivity index (χ1n) is 8.66. The van der Waals surface area contributed by atoms with E-state index in [9.17, 15) is 13.6 Å². The van der Waals surface area contributed by atoms with Crippen LogP contribution >= 0.6 is 0 Å². The van der Waals surface area contributed by atoms with Crippen molar-refractivity contribution in [2.45, 2.75) is 37.6 Å². The summed E-state index contributed by atoms with van der Waals surface area (Å²) < 4.78 is 26.4. The fraction of sp³-hybridized carbons (Fsp3) is 0.350. The summed E-state index contributed by atoms with van der Waals surface area (Å²) in [7, 11) is 0. The third-order valence-electron chi connectivity index (χ3n) is 5.30. The van der Waals surface area contributed by atoms with Crippen LogP contribution in [0, 0.1) is 17.6 Å². The number of hydrogen-bond acceptors (Lipinski definition) is 2. The maximum Gasteiger partial charge on any atom is 0.224 e. The number of aryl methyl sites for hydroxylation is 1. The van der Waals surface area contributed by atoms with Gasteiger partial charge in [0, 0.05) is 11.6 Å². The van der Waals surface area contributed by atoms with E-state index in [2.05, 4.69) is 5.32 Å². The summed E-state index contributed by atoms with van der Waals surface area (Å²) in [5.74, 6) is -1.91. The number of carbonyl (C=O) groups is 1. The minimum absolute atomic E-state index is 0.00283. The average Bonchev–Trinajstić information content (AvgIpc) is 3.38. The second-order valence-electron chi connectivity index (χ2n) is 7.03. The lowest BCUT2D eigenvalue weighted by molar-refractivity contribution is -0.123. The fourth-order valence-corrected chi connectivity index (χ4v) is 3.86. The second kappa shape index (κ2) is 6.14. The molecule has 0 aromatic heterocycles. The van der Waals surface area contributed by atoms with E-state index >= 15 is 0 Å². The van der Waals surface area contributed by atoms with E-state index in [0.29, 0.717) is 12.0 Å². The number of nitrogens with one attached hydrogen (secondary N) is 1. The summed E-state index contributed by atoms with van der Waals surface area (Å²) in [6, 6.07) is 9.73. The predicted octanol–water partition coefficient (Wildman–Crippen LogP) is 3.84. The molecule has 2 aliphatic rings. The number of fused-ring (bicyclic) bond motifs is 1.